The van der Waals surface area contributed by atoms with Gasteiger partial charge in [-0.3, -0.25) is 9.63 Å². The molecule has 2 rings (SSSR count). The van der Waals surface area contributed by atoms with E-state index in [4.69, 9.17) is 10.6 Å². The average Bonchev–Trinajstić information content (AvgIpc) is 2.33. The Kier molecular flexibility index (Phi) is 3.95. The van der Waals surface area contributed by atoms with Crippen LogP contribution in [0.1, 0.15) is 12.8 Å². The van der Waals surface area contributed by atoms with E-state index in [9.17, 15) is 4.79 Å². The van der Waals surface area contributed by atoms with E-state index in [0.717, 1.165) is 19.4 Å². The van der Waals surface area contributed by atoms with Gasteiger partial charge in [-0.2, -0.15) is 5.06 Å². The summed E-state index contributed by atoms with van der Waals surface area (Å²) in [5, 5.41) is 4.46. The Morgan fingerprint density at radius 2 is 2.24 bits per heavy atom. The fourth-order valence-electron chi connectivity index (χ4n) is 1.73. The molecule has 0 aromatic heterocycles. The van der Waals surface area contributed by atoms with Gasteiger partial charge in [-0.25, -0.2) is 0 Å². The molecule has 17 heavy (non-hydrogen) atoms. The van der Waals surface area contributed by atoms with Gasteiger partial charge in [0.15, 0.2) is 0 Å². The van der Waals surface area contributed by atoms with Gasteiger partial charge in [0.25, 0.3) is 0 Å². The first-order valence-electron chi connectivity index (χ1n) is 5.78. The Balaban J connectivity index is 1.86. The monoisotopic (exact) mass is 235 g/mol. The molecule has 1 saturated heterocycles. The molecular weight excluding hydrogens is 218 g/mol. The summed E-state index contributed by atoms with van der Waals surface area (Å²) in [5.74, 6) is -0.107. The molecule has 0 saturated carbocycles. The SMILES string of the molecule is Nc1ccccc1NC(=O)CN1CCCCO1. The molecule has 3 N–H and O–H groups in total. The Bertz CT molecular complexity index is 389. The Labute approximate surface area is 100 Å². The zero-order chi connectivity index (χ0) is 12.1. The minimum Gasteiger partial charge on any atom is -0.397 e. The number of anilines is 2. The van der Waals surface area contributed by atoms with Crippen LogP contribution >= 0.6 is 0 Å². The predicted molar refractivity (Wildman–Crippen MR) is 66.2 cm³/mol. The maximum absolute atomic E-state index is 11.7. The molecule has 0 spiro atoms. The molecule has 0 bridgehead atoms. The average molecular weight is 235 g/mol. The molecule has 5 nitrogen and oxygen atoms in total. The Morgan fingerprint density at radius 1 is 1.41 bits per heavy atom. The van der Waals surface area contributed by atoms with Crippen molar-refractivity contribution in [3.05, 3.63) is 24.3 Å². The van der Waals surface area contributed by atoms with Crippen LogP contribution in [-0.4, -0.2) is 30.7 Å². The number of carbonyl (C=O) groups excluding carboxylic acids is 1. The van der Waals surface area contributed by atoms with Crippen LogP contribution in [-0.2, 0) is 9.63 Å². The van der Waals surface area contributed by atoms with Crippen molar-refractivity contribution in [3.8, 4) is 0 Å². The van der Waals surface area contributed by atoms with Crippen molar-refractivity contribution < 1.29 is 9.63 Å². The third-order valence-electron chi connectivity index (χ3n) is 2.63. The van der Waals surface area contributed by atoms with E-state index in [-0.39, 0.29) is 12.5 Å². The van der Waals surface area contributed by atoms with E-state index in [1.54, 1.807) is 17.2 Å². The lowest BCUT2D eigenvalue weighted by atomic mass is 10.2. The number of rotatable bonds is 3. The molecule has 0 radical (unpaired) electrons. The molecule has 1 aromatic carbocycles. The molecule has 5 heteroatoms. The predicted octanol–water partition coefficient (Wildman–Crippen LogP) is 1.23. The number of hydroxylamine groups is 2. The van der Waals surface area contributed by atoms with Gasteiger partial charge < -0.3 is 11.1 Å². The standard InChI is InChI=1S/C12H17N3O2/c13-10-5-1-2-6-11(10)14-12(16)9-15-7-3-4-8-17-15/h1-2,5-6H,3-4,7-9,13H2,(H,14,16). The molecule has 0 aliphatic carbocycles. The second kappa shape index (κ2) is 5.65. The number of nitrogens with one attached hydrogen (secondary N) is 1. The number of carbonyl (C=O) groups is 1. The van der Waals surface area contributed by atoms with Crippen molar-refractivity contribution in [1.82, 2.24) is 5.06 Å². The lowest BCUT2D eigenvalue weighted by molar-refractivity contribution is -0.182. The molecule has 1 heterocycles. The maximum atomic E-state index is 11.7. The van der Waals surface area contributed by atoms with E-state index in [0.29, 0.717) is 18.0 Å². The first-order valence-corrected chi connectivity index (χ1v) is 5.78. The zero-order valence-electron chi connectivity index (χ0n) is 9.69. The smallest absolute Gasteiger partial charge is 0.241 e. The van der Waals surface area contributed by atoms with E-state index in [2.05, 4.69) is 5.32 Å². The van der Waals surface area contributed by atoms with Gasteiger partial charge in [0.05, 0.1) is 18.0 Å². The van der Waals surface area contributed by atoms with Crippen LogP contribution < -0.4 is 11.1 Å². The third kappa shape index (κ3) is 3.44. The molecule has 1 amide bonds. The summed E-state index contributed by atoms with van der Waals surface area (Å²) in [6.45, 7) is 1.74. The number of hydrogen-bond acceptors (Lipinski definition) is 4. The molecule has 0 unspecified atom stereocenters. The number of hydrogen-bond donors (Lipinski definition) is 2. The van der Waals surface area contributed by atoms with Crippen LogP contribution in [0, 0.1) is 0 Å². The molecule has 1 aromatic rings. The highest BCUT2D eigenvalue weighted by molar-refractivity contribution is 5.94. The number of para-hydroxylation sites is 2. The summed E-state index contributed by atoms with van der Waals surface area (Å²) in [6, 6.07) is 7.21. The molecule has 1 aliphatic heterocycles. The lowest BCUT2D eigenvalue weighted by Crippen LogP contribution is -2.37. The minimum absolute atomic E-state index is 0.107. The van der Waals surface area contributed by atoms with Gasteiger partial charge in [0.1, 0.15) is 6.54 Å². The number of nitrogens with two attached hydrogens (primary N) is 1. The van der Waals surface area contributed by atoms with Gasteiger partial charge in [-0.05, 0) is 25.0 Å². The van der Waals surface area contributed by atoms with Crippen molar-refractivity contribution in [3.63, 3.8) is 0 Å². The van der Waals surface area contributed by atoms with Crippen LogP contribution in [0.3, 0.4) is 0 Å². The Morgan fingerprint density at radius 3 is 2.94 bits per heavy atom. The number of nitrogens with zero attached hydrogens (tertiary/aromatic N) is 1. The number of amides is 1. The van der Waals surface area contributed by atoms with Crippen LogP contribution in [0.2, 0.25) is 0 Å². The summed E-state index contributed by atoms with van der Waals surface area (Å²) in [5.41, 5.74) is 6.96. The van der Waals surface area contributed by atoms with Gasteiger partial charge in [0, 0.05) is 6.54 Å². The van der Waals surface area contributed by atoms with Crippen LogP contribution in [0.15, 0.2) is 24.3 Å². The second-order valence-electron chi connectivity index (χ2n) is 4.04. The highest BCUT2D eigenvalue weighted by atomic mass is 16.7. The molecule has 0 atom stereocenters. The highest BCUT2D eigenvalue weighted by Crippen LogP contribution is 2.16. The van der Waals surface area contributed by atoms with Crippen LogP contribution in [0.25, 0.3) is 0 Å². The lowest BCUT2D eigenvalue weighted by Gasteiger charge is -2.25. The molecule has 1 fully saturated rings. The van der Waals surface area contributed by atoms with Crippen molar-refractivity contribution in [1.29, 1.82) is 0 Å². The first-order chi connectivity index (χ1) is 8.25. The third-order valence-corrected chi connectivity index (χ3v) is 2.63. The number of benzene rings is 1. The number of nitrogen functional groups attached to an aromatic ring is 1. The highest BCUT2D eigenvalue weighted by Gasteiger charge is 2.15. The zero-order valence-corrected chi connectivity index (χ0v) is 9.69. The van der Waals surface area contributed by atoms with Crippen molar-refractivity contribution in [2.45, 2.75) is 12.8 Å². The van der Waals surface area contributed by atoms with Gasteiger partial charge >= 0.3 is 0 Å². The maximum Gasteiger partial charge on any atom is 0.241 e. The van der Waals surface area contributed by atoms with E-state index in [1.807, 2.05) is 12.1 Å². The fraction of sp³-hybridized carbons (Fsp3) is 0.417. The van der Waals surface area contributed by atoms with Crippen LogP contribution in [0.5, 0.6) is 0 Å². The molecule has 1 aliphatic rings. The van der Waals surface area contributed by atoms with Crippen molar-refractivity contribution >= 4 is 17.3 Å². The van der Waals surface area contributed by atoms with Gasteiger partial charge in [-0.1, -0.05) is 12.1 Å². The van der Waals surface area contributed by atoms with Crippen LogP contribution in [0.4, 0.5) is 11.4 Å². The fourth-order valence-corrected chi connectivity index (χ4v) is 1.73. The largest absolute Gasteiger partial charge is 0.397 e. The Hall–Kier alpha value is -1.59. The minimum atomic E-state index is -0.107. The molecule has 92 valence electrons. The van der Waals surface area contributed by atoms with E-state index >= 15 is 0 Å². The summed E-state index contributed by atoms with van der Waals surface area (Å²) >= 11 is 0. The van der Waals surface area contributed by atoms with E-state index < -0.39 is 0 Å². The first kappa shape index (κ1) is 11.9. The second-order valence-corrected chi connectivity index (χ2v) is 4.04. The van der Waals surface area contributed by atoms with Gasteiger partial charge in [-0.15, -0.1) is 0 Å². The summed E-state index contributed by atoms with van der Waals surface area (Å²) in [6.07, 6.45) is 2.13. The van der Waals surface area contributed by atoms with Crippen molar-refractivity contribution in [2.75, 3.05) is 30.7 Å². The quantitative estimate of drug-likeness (QED) is 0.773. The topological polar surface area (TPSA) is 67.6 Å². The molecular formula is C12H17N3O2. The summed E-state index contributed by atoms with van der Waals surface area (Å²) in [7, 11) is 0. The normalized spacial score (nSPS) is 16.7. The summed E-state index contributed by atoms with van der Waals surface area (Å²) in [4.78, 5) is 17.1. The van der Waals surface area contributed by atoms with Crippen molar-refractivity contribution in [2.24, 2.45) is 0 Å². The summed E-state index contributed by atoms with van der Waals surface area (Å²) < 4.78 is 0. The van der Waals surface area contributed by atoms with Gasteiger partial charge in [0.2, 0.25) is 5.91 Å². The van der Waals surface area contributed by atoms with E-state index in [1.165, 1.54) is 0 Å².